The van der Waals surface area contributed by atoms with E-state index in [-0.39, 0.29) is 23.0 Å². The highest BCUT2D eigenvalue weighted by Crippen LogP contribution is 2.70. The topological polar surface area (TPSA) is 40.5 Å². The standard InChI is InChI=1S/C30H50O2/c1-26(2)21-10-8-19-18-28(5)15-12-22-27(3,4)25(32)14-17-30(22,7)23(28)11-9-20(19)29(21,6)16-13-24(26)31/h8,20-25,31-32H,9-18H2,1-7H3/t20-,21-,22-,23-,24+,25+,28-,29+,30-/m0/s1. The van der Waals surface area contributed by atoms with Gasteiger partial charge in [0.2, 0.25) is 0 Å². The van der Waals surface area contributed by atoms with E-state index < -0.39 is 0 Å². The Morgan fingerprint density at radius 3 is 1.91 bits per heavy atom. The maximum absolute atomic E-state index is 10.9. The van der Waals surface area contributed by atoms with Crippen LogP contribution < -0.4 is 0 Å². The zero-order valence-corrected chi connectivity index (χ0v) is 22.0. The minimum Gasteiger partial charge on any atom is -0.393 e. The third-order valence-corrected chi connectivity index (χ3v) is 12.9. The highest BCUT2D eigenvalue weighted by Gasteiger charge is 2.63. The molecule has 0 aromatic rings. The summed E-state index contributed by atoms with van der Waals surface area (Å²) in [6.07, 6.45) is 14.4. The first-order chi connectivity index (χ1) is 14.8. The lowest BCUT2D eigenvalue weighted by molar-refractivity contribution is -0.170. The van der Waals surface area contributed by atoms with Crippen LogP contribution in [0.5, 0.6) is 0 Å². The zero-order chi connectivity index (χ0) is 23.3. The van der Waals surface area contributed by atoms with E-state index in [4.69, 9.17) is 0 Å². The van der Waals surface area contributed by atoms with E-state index in [0.717, 1.165) is 25.2 Å². The third kappa shape index (κ3) is 2.96. The quantitative estimate of drug-likeness (QED) is 0.391. The van der Waals surface area contributed by atoms with E-state index >= 15 is 0 Å². The second-order valence-corrected chi connectivity index (χ2v) is 14.9. The fraction of sp³-hybridized carbons (Fsp3) is 0.933. The molecule has 0 saturated heterocycles. The zero-order valence-electron chi connectivity index (χ0n) is 22.0. The summed E-state index contributed by atoms with van der Waals surface area (Å²) in [5.41, 5.74) is 2.91. The second-order valence-electron chi connectivity index (χ2n) is 14.9. The van der Waals surface area contributed by atoms with Gasteiger partial charge in [0.1, 0.15) is 0 Å². The molecule has 5 rings (SSSR count). The Labute approximate surface area is 197 Å². The number of aliphatic hydroxyl groups is 2. The van der Waals surface area contributed by atoms with Crippen molar-refractivity contribution in [3.63, 3.8) is 0 Å². The highest BCUT2D eigenvalue weighted by atomic mass is 16.3. The molecule has 0 aliphatic heterocycles. The van der Waals surface area contributed by atoms with E-state index in [1.807, 2.05) is 0 Å². The molecule has 0 unspecified atom stereocenters. The SMILES string of the molecule is CC1(C)[C@H](O)CC[C@@]2(C)[C@H]1CC[C@@]1(C)CC3=CC[C@H]4C(C)(C)[C@H](O)CC[C@]4(C)[C@H]3CC[C@@H]12. The average molecular weight is 443 g/mol. The first kappa shape index (κ1) is 23.4. The van der Waals surface area contributed by atoms with E-state index in [0.29, 0.717) is 34.0 Å². The van der Waals surface area contributed by atoms with Crippen molar-refractivity contribution in [3.8, 4) is 0 Å². The van der Waals surface area contributed by atoms with Crippen LogP contribution in [0.4, 0.5) is 0 Å². The molecule has 5 aliphatic rings. The number of rotatable bonds is 0. The number of hydrogen-bond donors (Lipinski definition) is 2. The predicted molar refractivity (Wildman–Crippen MR) is 132 cm³/mol. The number of aliphatic hydroxyl groups excluding tert-OH is 2. The van der Waals surface area contributed by atoms with Crippen LogP contribution in [0.1, 0.15) is 113 Å². The van der Waals surface area contributed by atoms with Crippen molar-refractivity contribution in [3.05, 3.63) is 11.6 Å². The predicted octanol–water partition coefficient (Wildman–Crippen LogP) is 7.14. The van der Waals surface area contributed by atoms with Gasteiger partial charge in [-0.25, -0.2) is 0 Å². The molecule has 0 spiro atoms. The first-order valence-corrected chi connectivity index (χ1v) is 13.8. The molecule has 0 amide bonds. The van der Waals surface area contributed by atoms with Crippen molar-refractivity contribution < 1.29 is 10.2 Å². The van der Waals surface area contributed by atoms with Crippen molar-refractivity contribution in [2.45, 2.75) is 125 Å². The summed E-state index contributed by atoms with van der Waals surface area (Å²) in [5, 5.41) is 21.7. The summed E-state index contributed by atoms with van der Waals surface area (Å²) >= 11 is 0. The van der Waals surface area contributed by atoms with Crippen LogP contribution in [0.2, 0.25) is 0 Å². The molecule has 2 nitrogen and oxygen atoms in total. The summed E-state index contributed by atoms with van der Waals surface area (Å²) in [6, 6.07) is 0. The minimum absolute atomic E-state index is 0.0125. The van der Waals surface area contributed by atoms with Gasteiger partial charge >= 0.3 is 0 Å². The molecule has 32 heavy (non-hydrogen) atoms. The molecule has 9 atom stereocenters. The van der Waals surface area contributed by atoms with E-state index in [1.54, 1.807) is 5.57 Å². The Kier molecular flexibility index (Phi) is 5.19. The molecule has 0 heterocycles. The Hall–Kier alpha value is -0.340. The number of hydrogen-bond acceptors (Lipinski definition) is 2. The van der Waals surface area contributed by atoms with Crippen molar-refractivity contribution in [1.82, 2.24) is 0 Å². The van der Waals surface area contributed by atoms with Crippen LogP contribution in [-0.4, -0.2) is 22.4 Å². The molecule has 0 bridgehead atoms. The molecular weight excluding hydrogens is 392 g/mol. The van der Waals surface area contributed by atoms with Gasteiger partial charge in [-0.3, -0.25) is 0 Å². The normalized spacial score (nSPS) is 54.2. The molecule has 0 radical (unpaired) electrons. The van der Waals surface area contributed by atoms with Crippen molar-refractivity contribution in [1.29, 1.82) is 0 Å². The Balaban J connectivity index is 1.50. The van der Waals surface area contributed by atoms with Gasteiger partial charge in [-0.15, -0.1) is 0 Å². The van der Waals surface area contributed by atoms with Gasteiger partial charge in [-0.2, -0.15) is 0 Å². The van der Waals surface area contributed by atoms with Crippen molar-refractivity contribution in [2.24, 2.45) is 50.7 Å². The Morgan fingerprint density at radius 2 is 1.25 bits per heavy atom. The van der Waals surface area contributed by atoms with Crippen LogP contribution in [-0.2, 0) is 0 Å². The first-order valence-electron chi connectivity index (χ1n) is 13.8. The molecule has 182 valence electrons. The lowest BCUT2D eigenvalue weighted by atomic mass is 9.42. The highest BCUT2D eigenvalue weighted by molar-refractivity contribution is 5.25. The third-order valence-electron chi connectivity index (χ3n) is 12.9. The molecule has 0 aromatic heterocycles. The van der Waals surface area contributed by atoms with Gasteiger partial charge in [0.05, 0.1) is 12.2 Å². The van der Waals surface area contributed by atoms with Crippen LogP contribution in [0.3, 0.4) is 0 Å². The maximum atomic E-state index is 10.9. The molecule has 4 saturated carbocycles. The van der Waals surface area contributed by atoms with Gasteiger partial charge in [-0.05, 0) is 115 Å². The van der Waals surface area contributed by atoms with Crippen molar-refractivity contribution >= 4 is 0 Å². The van der Waals surface area contributed by atoms with E-state index in [2.05, 4.69) is 54.5 Å². The summed E-state index contributed by atoms with van der Waals surface area (Å²) in [5.74, 6) is 2.68. The largest absolute Gasteiger partial charge is 0.393 e. The average Bonchev–Trinajstić information content (AvgIpc) is 2.86. The fourth-order valence-corrected chi connectivity index (χ4v) is 10.9. The summed E-state index contributed by atoms with van der Waals surface area (Å²) in [6.45, 7) is 17.2. The molecule has 0 aromatic carbocycles. The second kappa shape index (κ2) is 7.09. The van der Waals surface area contributed by atoms with Crippen LogP contribution in [0.15, 0.2) is 11.6 Å². The van der Waals surface area contributed by atoms with Crippen LogP contribution in [0, 0.1) is 50.7 Å². The number of allylic oxidation sites excluding steroid dienone is 2. The molecule has 4 fully saturated rings. The van der Waals surface area contributed by atoms with E-state index in [1.165, 1.54) is 44.9 Å². The van der Waals surface area contributed by atoms with Crippen LogP contribution in [0.25, 0.3) is 0 Å². The fourth-order valence-electron chi connectivity index (χ4n) is 10.9. The lowest BCUT2D eigenvalue weighted by Crippen LogP contribution is -2.58. The van der Waals surface area contributed by atoms with Gasteiger partial charge in [0.15, 0.2) is 0 Å². The molecule has 5 aliphatic carbocycles. The van der Waals surface area contributed by atoms with E-state index in [9.17, 15) is 10.2 Å². The number of fused-ring (bicyclic) bond motifs is 6. The van der Waals surface area contributed by atoms with Crippen molar-refractivity contribution in [2.75, 3.05) is 0 Å². The summed E-state index contributed by atoms with van der Waals surface area (Å²) < 4.78 is 0. The Bertz CT molecular complexity index is 795. The van der Waals surface area contributed by atoms with Gasteiger partial charge in [0.25, 0.3) is 0 Å². The monoisotopic (exact) mass is 442 g/mol. The maximum Gasteiger partial charge on any atom is 0.0594 e. The van der Waals surface area contributed by atoms with Gasteiger partial charge in [-0.1, -0.05) is 60.1 Å². The minimum atomic E-state index is -0.156. The molecular formula is C30H50O2. The smallest absolute Gasteiger partial charge is 0.0594 e. The lowest BCUT2D eigenvalue weighted by Gasteiger charge is -2.63. The molecule has 2 N–H and O–H groups in total. The summed E-state index contributed by atoms with van der Waals surface area (Å²) in [4.78, 5) is 0. The molecule has 2 heteroatoms. The summed E-state index contributed by atoms with van der Waals surface area (Å²) in [7, 11) is 0. The van der Waals surface area contributed by atoms with Crippen LogP contribution >= 0.6 is 0 Å². The Morgan fingerprint density at radius 1 is 0.656 bits per heavy atom. The van der Waals surface area contributed by atoms with Gasteiger partial charge in [0, 0.05) is 0 Å². The van der Waals surface area contributed by atoms with Gasteiger partial charge < -0.3 is 10.2 Å².